The molecule has 2 rings (SSSR count). The summed E-state index contributed by atoms with van der Waals surface area (Å²) in [5, 5.41) is 18.1. The molecular formula is C14H15N3O. The fourth-order valence-electron chi connectivity index (χ4n) is 2.11. The zero-order valence-corrected chi connectivity index (χ0v) is 10.1. The van der Waals surface area contributed by atoms with Gasteiger partial charge in [0.1, 0.15) is 0 Å². The number of nitriles is 2. The molecule has 2 unspecified atom stereocenters. The molecule has 1 aliphatic heterocycles. The van der Waals surface area contributed by atoms with Gasteiger partial charge in [0, 0.05) is 19.6 Å². The van der Waals surface area contributed by atoms with Crippen LogP contribution in [0.5, 0.6) is 0 Å². The molecule has 2 atom stereocenters. The van der Waals surface area contributed by atoms with Crippen LogP contribution in [0.25, 0.3) is 0 Å². The van der Waals surface area contributed by atoms with Gasteiger partial charge in [0.05, 0.1) is 24.7 Å². The maximum Gasteiger partial charge on any atom is 0.156 e. The Kier molecular flexibility index (Phi) is 4.30. The molecule has 0 amide bonds. The summed E-state index contributed by atoms with van der Waals surface area (Å²) in [6, 6.07) is 14.2. The number of hydrogen-bond acceptors (Lipinski definition) is 4. The van der Waals surface area contributed by atoms with E-state index >= 15 is 0 Å². The van der Waals surface area contributed by atoms with Crippen molar-refractivity contribution in [1.82, 2.24) is 4.90 Å². The van der Waals surface area contributed by atoms with Gasteiger partial charge >= 0.3 is 0 Å². The van der Waals surface area contributed by atoms with Gasteiger partial charge in [-0.2, -0.15) is 10.5 Å². The lowest BCUT2D eigenvalue weighted by atomic mass is 10.00. The van der Waals surface area contributed by atoms with Gasteiger partial charge in [-0.05, 0) is 5.56 Å². The Morgan fingerprint density at radius 3 is 2.78 bits per heavy atom. The van der Waals surface area contributed by atoms with Crippen LogP contribution in [0.2, 0.25) is 0 Å². The van der Waals surface area contributed by atoms with Crippen molar-refractivity contribution in [2.45, 2.75) is 12.0 Å². The summed E-state index contributed by atoms with van der Waals surface area (Å²) in [4.78, 5) is 2.12. The van der Waals surface area contributed by atoms with Crippen molar-refractivity contribution in [3.63, 3.8) is 0 Å². The Morgan fingerprint density at radius 2 is 2.11 bits per heavy atom. The molecule has 0 aromatic heterocycles. The minimum atomic E-state index is -0.367. The zero-order valence-electron chi connectivity index (χ0n) is 10.1. The molecule has 1 saturated heterocycles. The van der Waals surface area contributed by atoms with Gasteiger partial charge in [-0.25, -0.2) is 0 Å². The van der Waals surface area contributed by atoms with E-state index in [1.807, 2.05) is 30.3 Å². The predicted octanol–water partition coefficient (Wildman–Crippen LogP) is 1.52. The van der Waals surface area contributed by atoms with Crippen LogP contribution in [-0.2, 0) is 4.74 Å². The van der Waals surface area contributed by atoms with E-state index in [9.17, 15) is 5.26 Å². The van der Waals surface area contributed by atoms with Gasteiger partial charge in [0.2, 0.25) is 0 Å². The smallest absolute Gasteiger partial charge is 0.156 e. The van der Waals surface area contributed by atoms with Crippen molar-refractivity contribution in [3.8, 4) is 12.1 Å². The van der Waals surface area contributed by atoms with Crippen molar-refractivity contribution in [1.29, 1.82) is 10.5 Å². The molecule has 0 bridgehead atoms. The molecule has 18 heavy (non-hydrogen) atoms. The normalized spacial score (nSPS) is 21.8. The number of nitrogens with zero attached hydrogens (tertiary/aromatic N) is 3. The molecule has 1 fully saturated rings. The minimum Gasteiger partial charge on any atom is -0.361 e. The van der Waals surface area contributed by atoms with Crippen LogP contribution < -0.4 is 0 Å². The monoisotopic (exact) mass is 241 g/mol. The average molecular weight is 241 g/mol. The van der Waals surface area contributed by atoms with E-state index in [1.165, 1.54) is 0 Å². The summed E-state index contributed by atoms with van der Waals surface area (Å²) in [6.45, 7) is 2.58. The Morgan fingerprint density at radius 1 is 1.33 bits per heavy atom. The fraction of sp³-hybridized carbons (Fsp3) is 0.429. The molecule has 0 N–H and O–H groups in total. The maximum atomic E-state index is 9.26. The first kappa shape index (κ1) is 12.6. The molecule has 1 aromatic carbocycles. The number of hydrogen-bond donors (Lipinski definition) is 0. The maximum absolute atomic E-state index is 9.26. The summed E-state index contributed by atoms with van der Waals surface area (Å²) < 4.78 is 5.29. The Hall–Kier alpha value is -1.88. The van der Waals surface area contributed by atoms with Crippen molar-refractivity contribution >= 4 is 0 Å². The third-order valence-corrected chi connectivity index (χ3v) is 3.09. The van der Waals surface area contributed by atoms with Gasteiger partial charge in [-0.3, -0.25) is 4.90 Å². The summed E-state index contributed by atoms with van der Waals surface area (Å²) >= 11 is 0. The van der Waals surface area contributed by atoms with E-state index in [4.69, 9.17) is 10.00 Å². The quantitative estimate of drug-likeness (QED) is 0.805. The summed E-state index contributed by atoms with van der Waals surface area (Å²) in [5.74, 6) is -0.149. The van der Waals surface area contributed by atoms with Gasteiger partial charge < -0.3 is 4.74 Å². The fourth-order valence-corrected chi connectivity index (χ4v) is 2.11. The molecule has 92 valence electrons. The highest BCUT2D eigenvalue weighted by Crippen LogP contribution is 2.17. The van der Waals surface area contributed by atoms with E-state index in [1.54, 1.807) is 0 Å². The third-order valence-electron chi connectivity index (χ3n) is 3.09. The predicted molar refractivity (Wildman–Crippen MR) is 66.6 cm³/mol. The van der Waals surface area contributed by atoms with Gasteiger partial charge in [0.15, 0.2) is 6.10 Å². The molecule has 1 heterocycles. The average Bonchev–Trinajstić information content (AvgIpc) is 2.46. The second kappa shape index (κ2) is 6.16. The van der Waals surface area contributed by atoms with E-state index in [0.717, 1.165) is 12.1 Å². The van der Waals surface area contributed by atoms with Crippen LogP contribution in [0.4, 0.5) is 0 Å². The number of rotatable bonds is 3. The number of benzene rings is 1. The Bertz CT molecular complexity index is 460. The summed E-state index contributed by atoms with van der Waals surface area (Å²) in [7, 11) is 0. The first-order valence-electron chi connectivity index (χ1n) is 6.01. The van der Waals surface area contributed by atoms with Crippen molar-refractivity contribution in [2.75, 3.05) is 26.2 Å². The van der Waals surface area contributed by atoms with E-state index in [2.05, 4.69) is 17.0 Å². The molecule has 0 aliphatic carbocycles. The lowest BCUT2D eigenvalue weighted by molar-refractivity contribution is -0.0000853. The lowest BCUT2D eigenvalue weighted by Gasteiger charge is -2.30. The SMILES string of the molecule is N#CC1CN(CC(C#N)c2ccccc2)CCO1. The van der Waals surface area contributed by atoms with Crippen LogP contribution in [0.3, 0.4) is 0 Å². The van der Waals surface area contributed by atoms with Crippen LogP contribution >= 0.6 is 0 Å². The highest BCUT2D eigenvalue weighted by atomic mass is 16.5. The number of morpholine rings is 1. The molecule has 0 saturated carbocycles. The largest absolute Gasteiger partial charge is 0.361 e. The van der Waals surface area contributed by atoms with E-state index < -0.39 is 0 Å². The molecule has 1 aliphatic rings. The van der Waals surface area contributed by atoms with Gasteiger partial charge in [0.25, 0.3) is 0 Å². The highest BCUT2D eigenvalue weighted by Gasteiger charge is 2.23. The van der Waals surface area contributed by atoms with E-state index in [0.29, 0.717) is 19.7 Å². The van der Waals surface area contributed by atoms with Crippen molar-refractivity contribution < 1.29 is 4.74 Å². The van der Waals surface area contributed by atoms with Crippen molar-refractivity contribution in [2.24, 2.45) is 0 Å². The highest BCUT2D eigenvalue weighted by molar-refractivity contribution is 5.25. The zero-order chi connectivity index (χ0) is 12.8. The Labute approximate surface area is 107 Å². The second-order valence-electron chi connectivity index (χ2n) is 4.34. The molecule has 0 radical (unpaired) electrons. The van der Waals surface area contributed by atoms with Crippen molar-refractivity contribution in [3.05, 3.63) is 35.9 Å². The van der Waals surface area contributed by atoms with Gasteiger partial charge in [-0.15, -0.1) is 0 Å². The molecular weight excluding hydrogens is 226 g/mol. The standard InChI is InChI=1S/C14H15N3O/c15-8-13(12-4-2-1-3-5-12)10-17-6-7-18-14(9-16)11-17/h1-5,13-14H,6-7,10-11H2. The summed E-state index contributed by atoms with van der Waals surface area (Å²) in [6.07, 6.45) is -0.367. The van der Waals surface area contributed by atoms with Crippen LogP contribution in [0.1, 0.15) is 11.5 Å². The first-order valence-corrected chi connectivity index (χ1v) is 6.01. The minimum absolute atomic E-state index is 0.149. The second-order valence-corrected chi connectivity index (χ2v) is 4.34. The lowest BCUT2D eigenvalue weighted by Crippen LogP contribution is -2.43. The Balaban J connectivity index is 1.99. The molecule has 1 aromatic rings. The summed E-state index contributed by atoms with van der Waals surface area (Å²) in [5.41, 5.74) is 1.03. The molecule has 4 nitrogen and oxygen atoms in total. The van der Waals surface area contributed by atoms with Gasteiger partial charge in [-0.1, -0.05) is 30.3 Å². The third kappa shape index (κ3) is 3.07. The van der Waals surface area contributed by atoms with E-state index in [-0.39, 0.29) is 12.0 Å². The van der Waals surface area contributed by atoms with Crippen LogP contribution in [0.15, 0.2) is 30.3 Å². The number of ether oxygens (including phenoxy) is 1. The molecule has 4 heteroatoms. The molecule has 0 spiro atoms. The van der Waals surface area contributed by atoms with Crippen LogP contribution in [-0.4, -0.2) is 37.2 Å². The first-order chi connectivity index (χ1) is 8.83. The van der Waals surface area contributed by atoms with Crippen LogP contribution in [0, 0.1) is 22.7 Å². The topological polar surface area (TPSA) is 60.0 Å².